The maximum Gasteiger partial charge on any atom is 0.262 e. The molecule has 1 fully saturated rings. The van der Waals surface area contributed by atoms with Crippen molar-refractivity contribution in [2.75, 3.05) is 18.8 Å². The molecule has 1 aliphatic carbocycles. The van der Waals surface area contributed by atoms with Crippen molar-refractivity contribution in [3.05, 3.63) is 101 Å². The minimum Gasteiger partial charge on any atom is -0.398 e. The van der Waals surface area contributed by atoms with Crippen LogP contribution < -0.4 is 22.5 Å². The fraction of sp³-hybridized carbons (Fsp3) is 0.194. The second-order valence-corrected chi connectivity index (χ2v) is 11.3. The average Bonchev–Trinajstić information content (AvgIpc) is 3.62. The number of carbonyl (C=O) groups excluding carboxylic acids is 3. The molecule has 202 valence electrons. The number of nitrogens with two attached hydrogens (primary N) is 3. The molecule has 0 spiro atoms. The van der Waals surface area contributed by atoms with Crippen LogP contribution in [0.15, 0.2) is 79.4 Å². The SMILES string of the molecule is C=CC(=O)N1CCC(NC(=O)c2sc3c(N)ccc4c3c2C(N)C(=O)C4(N)c2cccc(-c3ccccc3)c2)C1. The van der Waals surface area contributed by atoms with Gasteiger partial charge in [0.05, 0.1) is 15.6 Å². The van der Waals surface area contributed by atoms with E-state index in [-0.39, 0.29) is 17.9 Å². The number of amides is 2. The van der Waals surface area contributed by atoms with E-state index in [0.29, 0.717) is 56.9 Å². The Morgan fingerprint density at radius 2 is 1.82 bits per heavy atom. The molecule has 8 nitrogen and oxygen atoms in total. The number of anilines is 1. The number of nitrogens with one attached hydrogen (secondary N) is 1. The molecule has 1 saturated heterocycles. The molecule has 7 N–H and O–H groups in total. The largest absolute Gasteiger partial charge is 0.398 e. The number of ketones is 1. The van der Waals surface area contributed by atoms with E-state index >= 15 is 0 Å². The van der Waals surface area contributed by atoms with Gasteiger partial charge in [-0.15, -0.1) is 11.3 Å². The molecule has 3 atom stereocenters. The summed E-state index contributed by atoms with van der Waals surface area (Å²) in [6, 6.07) is 19.6. The lowest BCUT2D eigenvalue weighted by atomic mass is 9.70. The molecule has 2 aliphatic rings. The van der Waals surface area contributed by atoms with Crippen molar-refractivity contribution in [1.29, 1.82) is 0 Å². The Morgan fingerprint density at radius 1 is 1.07 bits per heavy atom. The molecular weight excluding hydrogens is 522 g/mol. The number of hydrogen-bond acceptors (Lipinski definition) is 7. The van der Waals surface area contributed by atoms with Gasteiger partial charge in [0.1, 0.15) is 5.54 Å². The summed E-state index contributed by atoms with van der Waals surface area (Å²) in [5.41, 5.74) is 22.6. The Morgan fingerprint density at radius 3 is 2.58 bits per heavy atom. The monoisotopic (exact) mass is 551 g/mol. The zero-order chi connectivity index (χ0) is 28.2. The first-order valence-corrected chi connectivity index (χ1v) is 13.9. The lowest BCUT2D eigenvalue weighted by molar-refractivity contribution is -0.125. The first kappa shape index (κ1) is 25.9. The van der Waals surface area contributed by atoms with E-state index in [4.69, 9.17) is 17.2 Å². The summed E-state index contributed by atoms with van der Waals surface area (Å²) in [4.78, 5) is 41.6. The van der Waals surface area contributed by atoms with Crippen LogP contribution in [-0.4, -0.2) is 41.6 Å². The number of benzene rings is 3. The smallest absolute Gasteiger partial charge is 0.262 e. The lowest BCUT2D eigenvalue weighted by Crippen LogP contribution is -2.52. The molecule has 2 amide bonds. The molecule has 3 aromatic carbocycles. The topological polar surface area (TPSA) is 145 Å². The highest BCUT2D eigenvalue weighted by molar-refractivity contribution is 7.21. The molecule has 4 aromatic rings. The van der Waals surface area contributed by atoms with E-state index in [2.05, 4.69) is 11.9 Å². The van der Waals surface area contributed by atoms with Gasteiger partial charge in [0, 0.05) is 35.8 Å². The number of nitrogen functional groups attached to an aromatic ring is 1. The summed E-state index contributed by atoms with van der Waals surface area (Å²) in [5.74, 6) is -0.917. The van der Waals surface area contributed by atoms with Gasteiger partial charge in [-0.25, -0.2) is 0 Å². The van der Waals surface area contributed by atoms with Crippen molar-refractivity contribution in [1.82, 2.24) is 10.2 Å². The van der Waals surface area contributed by atoms with Gasteiger partial charge in [-0.2, -0.15) is 0 Å². The van der Waals surface area contributed by atoms with E-state index in [1.165, 1.54) is 17.4 Å². The summed E-state index contributed by atoms with van der Waals surface area (Å²) in [6.45, 7) is 4.45. The molecule has 6 rings (SSSR count). The van der Waals surface area contributed by atoms with Gasteiger partial charge in [0.25, 0.3) is 5.91 Å². The number of carbonyl (C=O) groups is 3. The fourth-order valence-electron chi connectivity index (χ4n) is 5.88. The van der Waals surface area contributed by atoms with E-state index in [9.17, 15) is 14.4 Å². The molecule has 1 aliphatic heterocycles. The zero-order valence-electron chi connectivity index (χ0n) is 21.7. The van der Waals surface area contributed by atoms with Crippen molar-refractivity contribution in [2.24, 2.45) is 11.5 Å². The maximum absolute atomic E-state index is 14.1. The molecule has 0 bridgehead atoms. The minimum absolute atomic E-state index is 0.172. The van der Waals surface area contributed by atoms with Gasteiger partial charge in [0.2, 0.25) is 5.91 Å². The van der Waals surface area contributed by atoms with E-state index in [1.807, 2.05) is 54.6 Å². The molecule has 9 heteroatoms. The summed E-state index contributed by atoms with van der Waals surface area (Å²) in [5, 5.41) is 3.68. The van der Waals surface area contributed by atoms with E-state index in [1.54, 1.807) is 17.0 Å². The molecule has 0 saturated carbocycles. The van der Waals surface area contributed by atoms with Gasteiger partial charge in [-0.3, -0.25) is 14.4 Å². The quantitative estimate of drug-likeness (QED) is 0.221. The number of rotatable bonds is 5. The Hall–Kier alpha value is -4.31. The molecule has 2 heterocycles. The van der Waals surface area contributed by atoms with Crippen LogP contribution in [0.4, 0.5) is 5.69 Å². The summed E-state index contributed by atoms with van der Waals surface area (Å²) < 4.78 is 0.671. The molecule has 0 radical (unpaired) electrons. The first-order chi connectivity index (χ1) is 19.2. The van der Waals surface area contributed by atoms with Crippen molar-refractivity contribution < 1.29 is 14.4 Å². The first-order valence-electron chi connectivity index (χ1n) is 13.1. The van der Waals surface area contributed by atoms with Crippen LogP contribution in [0, 0.1) is 0 Å². The third-order valence-electron chi connectivity index (χ3n) is 7.95. The summed E-state index contributed by atoms with van der Waals surface area (Å²) in [7, 11) is 0. The lowest BCUT2D eigenvalue weighted by Gasteiger charge is -2.36. The van der Waals surface area contributed by atoms with Crippen LogP contribution in [0.25, 0.3) is 21.2 Å². The van der Waals surface area contributed by atoms with Gasteiger partial charge >= 0.3 is 0 Å². The molecule has 40 heavy (non-hydrogen) atoms. The normalized spacial score (nSPS) is 21.9. The van der Waals surface area contributed by atoms with Crippen LogP contribution in [0.3, 0.4) is 0 Å². The highest BCUT2D eigenvalue weighted by Crippen LogP contribution is 2.49. The minimum atomic E-state index is -1.53. The number of Topliss-reactive ketones (excluding diaryl/α,β-unsaturated/α-hetero) is 1. The van der Waals surface area contributed by atoms with E-state index in [0.717, 1.165) is 11.1 Å². The van der Waals surface area contributed by atoms with Crippen LogP contribution in [0.5, 0.6) is 0 Å². The Balaban J connectivity index is 1.44. The number of likely N-dealkylation sites (tertiary alicyclic amines) is 1. The van der Waals surface area contributed by atoms with Crippen molar-refractivity contribution >= 4 is 44.7 Å². The van der Waals surface area contributed by atoms with Gasteiger partial charge in [0.15, 0.2) is 5.78 Å². The number of hydrogen-bond donors (Lipinski definition) is 4. The van der Waals surface area contributed by atoms with Gasteiger partial charge in [-0.05, 0) is 46.9 Å². The summed E-state index contributed by atoms with van der Waals surface area (Å²) >= 11 is 1.21. The van der Waals surface area contributed by atoms with Crippen LogP contribution in [-0.2, 0) is 15.1 Å². The molecule has 1 aromatic heterocycles. The molecular formula is C31H29N5O3S. The predicted octanol–water partition coefficient (Wildman–Crippen LogP) is 3.45. The standard InChI is InChI=1S/C31H29N5O3S/c1-2-23(37)36-14-13-20(16-36)35-30(39)28-25-24-21(11-12-22(32)27(24)40-28)31(34,29(38)26(25)33)19-10-6-9-18(15-19)17-7-4-3-5-8-17/h2-12,15,20,26H,1,13-14,16,32-34H2,(H,35,39). The van der Waals surface area contributed by atoms with Crippen molar-refractivity contribution in [3.8, 4) is 11.1 Å². The third kappa shape index (κ3) is 3.93. The zero-order valence-corrected chi connectivity index (χ0v) is 22.5. The Bertz CT molecular complexity index is 1700. The highest BCUT2D eigenvalue weighted by atomic mass is 32.1. The van der Waals surface area contributed by atoms with Crippen molar-refractivity contribution in [3.63, 3.8) is 0 Å². The van der Waals surface area contributed by atoms with Crippen molar-refractivity contribution in [2.45, 2.75) is 24.0 Å². The Labute approximate surface area is 235 Å². The number of nitrogens with zero attached hydrogens (tertiary/aromatic N) is 1. The van der Waals surface area contributed by atoms with Crippen LogP contribution in [0.1, 0.15) is 38.8 Å². The average molecular weight is 552 g/mol. The second-order valence-electron chi connectivity index (χ2n) is 10.3. The van der Waals surface area contributed by atoms with Crippen LogP contribution in [0.2, 0.25) is 0 Å². The summed E-state index contributed by atoms with van der Waals surface area (Å²) in [6.07, 6.45) is 1.89. The third-order valence-corrected chi connectivity index (χ3v) is 9.21. The Kier molecular flexibility index (Phi) is 6.29. The van der Waals surface area contributed by atoms with Gasteiger partial charge < -0.3 is 27.4 Å². The van der Waals surface area contributed by atoms with Crippen LogP contribution >= 0.6 is 11.3 Å². The number of thiophene rings is 1. The van der Waals surface area contributed by atoms with Gasteiger partial charge in [-0.1, -0.05) is 61.2 Å². The fourth-order valence-corrected chi connectivity index (χ4v) is 7.08. The second kappa shape index (κ2) is 9.71. The molecule has 3 unspecified atom stereocenters. The highest BCUT2D eigenvalue weighted by Gasteiger charge is 2.49. The van der Waals surface area contributed by atoms with E-state index < -0.39 is 17.4 Å². The predicted molar refractivity (Wildman–Crippen MR) is 158 cm³/mol. The maximum atomic E-state index is 14.1.